The molecule has 0 aromatic carbocycles. The summed E-state index contributed by atoms with van der Waals surface area (Å²) in [7, 11) is 1.56. The molecule has 0 rings (SSSR count). The maximum Gasteiger partial charge on any atom is 0.305 e. The van der Waals surface area contributed by atoms with E-state index in [0.29, 0.717) is 19.4 Å². The van der Waals surface area contributed by atoms with Crippen LogP contribution in [0.4, 0.5) is 0 Å². The molecule has 1 unspecified atom stereocenters. The van der Waals surface area contributed by atoms with Crippen molar-refractivity contribution >= 4 is 20.0 Å². The molecular formula is C30H54N2O4P+. The highest BCUT2D eigenvalue weighted by Gasteiger charge is 2.07. The van der Waals surface area contributed by atoms with Crippen LogP contribution in [0.5, 0.6) is 0 Å². The van der Waals surface area contributed by atoms with Crippen molar-refractivity contribution in [2.24, 2.45) is 0 Å². The number of nitrogens with two attached hydrogens (primary N) is 1. The molecule has 0 radical (unpaired) electrons. The number of likely N-dealkylation sites (N-methyl/N-ethyl adjacent to an activating group) is 1. The van der Waals surface area contributed by atoms with Crippen LogP contribution in [0.25, 0.3) is 0 Å². The van der Waals surface area contributed by atoms with Gasteiger partial charge in [0.2, 0.25) is 5.91 Å². The van der Waals surface area contributed by atoms with E-state index in [4.69, 9.17) is 9.26 Å². The number of nitrogens with one attached hydrogen (secondary N) is 1. The third kappa shape index (κ3) is 28.7. The first kappa shape index (κ1) is 35.2. The van der Waals surface area contributed by atoms with Gasteiger partial charge in [-0.1, -0.05) is 68.4 Å². The second-order valence-corrected chi connectivity index (χ2v) is 11.0. The van der Waals surface area contributed by atoms with Gasteiger partial charge in [-0.3, -0.25) is 9.59 Å². The zero-order chi connectivity index (χ0) is 27.2. The van der Waals surface area contributed by atoms with E-state index in [2.05, 4.69) is 72.8 Å². The number of ether oxygens (including phenoxy) is 1. The normalized spacial score (nSPS) is 12.8. The van der Waals surface area contributed by atoms with Gasteiger partial charge in [-0.05, 0) is 64.2 Å². The molecule has 0 heterocycles. The summed E-state index contributed by atoms with van der Waals surface area (Å²) in [6.07, 6.45) is 29.9. The Kier molecular flexibility index (Phi) is 27.5. The van der Waals surface area contributed by atoms with Gasteiger partial charge in [0.25, 0.3) is 0 Å². The summed E-state index contributed by atoms with van der Waals surface area (Å²) < 4.78 is 10.9. The van der Waals surface area contributed by atoms with Crippen LogP contribution in [-0.4, -0.2) is 58.1 Å². The van der Waals surface area contributed by atoms with Crippen LogP contribution in [0, 0.1) is 0 Å². The summed E-state index contributed by atoms with van der Waals surface area (Å²) in [6.45, 7) is 6.64. The average Bonchev–Trinajstić information content (AvgIpc) is 2.88. The van der Waals surface area contributed by atoms with Gasteiger partial charge < -0.3 is 19.9 Å². The minimum atomic E-state index is -0.464. The highest BCUT2D eigenvalue weighted by atomic mass is 31.1. The molecule has 0 saturated heterocycles. The number of esters is 1. The van der Waals surface area contributed by atoms with Gasteiger partial charge in [0.05, 0.1) is 26.7 Å². The Bertz CT molecular complexity index is 662. The van der Waals surface area contributed by atoms with E-state index in [1.807, 2.05) is 7.05 Å². The first-order chi connectivity index (χ1) is 18.1. The molecule has 1 amide bonds. The fourth-order valence-corrected chi connectivity index (χ4v) is 4.44. The molecule has 0 aliphatic heterocycles. The minimum Gasteiger partial charge on any atom is -0.464 e. The number of quaternary nitrogens is 1. The molecule has 0 aliphatic rings. The third-order valence-electron chi connectivity index (χ3n) is 5.49. The predicted molar refractivity (Wildman–Crippen MR) is 158 cm³/mol. The zero-order valence-corrected chi connectivity index (χ0v) is 24.7. The Hall–Kier alpha value is -1.75. The Morgan fingerprint density at radius 2 is 1.43 bits per heavy atom. The number of rotatable bonds is 25. The molecule has 37 heavy (non-hydrogen) atoms. The topological polar surface area (TPSA) is 81.2 Å². The number of hydrogen-bond donors (Lipinski definition) is 2. The third-order valence-corrected chi connectivity index (χ3v) is 7.06. The first-order valence-electron chi connectivity index (χ1n) is 14.2. The fourth-order valence-electron chi connectivity index (χ4n) is 3.29. The molecule has 3 N–H and O–H groups in total. The Morgan fingerprint density at radius 3 is 2.05 bits per heavy atom. The Morgan fingerprint density at radius 1 is 0.811 bits per heavy atom. The maximum atomic E-state index is 11.9. The largest absolute Gasteiger partial charge is 0.464 e. The molecule has 212 valence electrons. The van der Waals surface area contributed by atoms with Crippen molar-refractivity contribution in [1.82, 2.24) is 5.32 Å². The van der Waals surface area contributed by atoms with Crippen LogP contribution in [0.15, 0.2) is 48.6 Å². The van der Waals surface area contributed by atoms with E-state index in [1.165, 1.54) is 25.7 Å². The monoisotopic (exact) mass is 537 g/mol. The van der Waals surface area contributed by atoms with Crippen molar-refractivity contribution in [2.75, 3.05) is 46.2 Å². The second kappa shape index (κ2) is 28.8. The van der Waals surface area contributed by atoms with Gasteiger partial charge in [-0.25, -0.2) is 0 Å². The average molecular weight is 538 g/mol. The molecule has 0 spiro atoms. The predicted octanol–water partition coefficient (Wildman–Crippen LogP) is 5.81. The number of hydrogen-bond acceptors (Lipinski definition) is 4. The molecule has 1 atom stereocenters. The smallest absolute Gasteiger partial charge is 0.305 e. The first-order valence-corrected chi connectivity index (χ1v) is 16.1. The highest BCUT2D eigenvalue weighted by Crippen LogP contribution is 2.32. The Balaban J connectivity index is 3.55. The number of unbranched alkanes of at least 4 members (excludes halogenated alkanes) is 4. The molecular weight excluding hydrogens is 483 g/mol. The van der Waals surface area contributed by atoms with Gasteiger partial charge in [0.15, 0.2) is 0 Å². The van der Waals surface area contributed by atoms with Crippen LogP contribution in [0.2, 0.25) is 0 Å². The molecule has 0 saturated carbocycles. The molecule has 6 nitrogen and oxygen atoms in total. The number of carbonyl (C=O) groups excluding carboxylic acids is 2. The number of carbonyl (C=O) groups is 2. The number of allylic oxidation sites excluding steroid dienone is 8. The lowest BCUT2D eigenvalue weighted by atomic mass is 10.2. The summed E-state index contributed by atoms with van der Waals surface area (Å²) in [6, 6.07) is 0. The molecule has 0 bridgehead atoms. The van der Waals surface area contributed by atoms with E-state index in [1.54, 1.807) is 0 Å². The van der Waals surface area contributed by atoms with Gasteiger partial charge in [-0.15, -0.1) is 0 Å². The SMILES string of the molecule is CCCCC/C=C\C/C=C\C/C=C\C/C=C\CCCC(=O)NCCOC(=O)CCCP(C)OCC[NH2+]C. The van der Waals surface area contributed by atoms with Crippen molar-refractivity contribution in [3.8, 4) is 0 Å². The van der Waals surface area contributed by atoms with Gasteiger partial charge >= 0.3 is 5.97 Å². The van der Waals surface area contributed by atoms with Crippen molar-refractivity contribution in [3.05, 3.63) is 48.6 Å². The fraction of sp³-hybridized carbons (Fsp3) is 0.667. The molecule has 7 heteroatoms. The number of amides is 1. The quantitative estimate of drug-likeness (QED) is 0.0667. The van der Waals surface area contributed by atoms with E-state index >= 15 is 0 Å². The van der Waals surface area contributed by atoms with Gasteiger partial charge in [-0.2, -0.15) is 0 Å². The zero-order valence-electron chi connectivity index (χ0n) is 23.8. The maximum absolute atomic E-state index is 11.9. The van der Waals surface area contributed by atoms with E-state index in [9.17, 15) is 9.59 Å². The Labute approximate surface area is 228 Å². The van der Waals surface area contributed by atoms with Crippen LogP contribution >= 0.6 is 8.15 Å². The van der Waals surface area contributed by atoms with Crippen molar-refractivity contribution in [1.29, 1.82) is 0 Å². The van der Waals surface area contributed by atoms with Crippen molar-refractivity contribution in [2.45, 2.75) is 84.0 Å². The minimum absolute atomic E-state index is 0.00466. The lowest BCUT2D eigenvalue weighted by Gasteiger charge is -2.11. The lowest BCUT2D eigenvalue weighted by Crippen LogP contribution is -2.80. The second-order valence-electron chi connectivity index (χ2n) is 9.04. The highest BCUT2D eigenvalue weighted by molar-refractivity contribution is 7.51. The van der Waals surface area contributed by atoms with Crippen LogP contribution in [0.3, 0.4) is 0 Å². The molecule has 0 aliphatic carbocycles. The van der Waals surface area contributed by atoms with Gasteiger partial charge in [0, 0.05) is 21.0 Å². The molecule has 0 fully saturated rings. The summed E-state index contributed by atoms with van der Waals surface area (Å²) in [5.74, 6) is -0.204. The molecule has 0 aromatic heterocycles. The van der Waals surface area contributed by atoms with Crippen LogP contribution in [-0.2, 0) is 18.8 Å². The standard InChI is InChI=1S/C30H53N2O4P/c1-4-5-6-7-8-9-10-11-12-13-14-15-16-17-18-19-20-22-29(33)32-25-26-35-30(34)23-21-28-37(3)36-27-24-31-2/h8-9,11-12,14-15,17-18,31H,4-7,10,13,16,19-28H2,1-3H3,(H,32,33)/p+1/b9-8-,12-11-,15-14-,18-17-. The van der Waals surface area contributed by atoms with E-state index in [-0.39, 0.29) is 18.5 Å². The van der Waals surface area contributed by atoms with E-state index < -0.39 is 8.15 Å². The van der Waals surface area contributed by atoms with Crippen LogP contribution in [0.1, 0.15) is 84.0 Å². The van der Waals surface area contributed by atoms with Crippen molar-refractivity contribution in [3.63, 3.8) is 0 Å². The summed E-state index contributed by atoms with van der Waals surface area (Å²) >= 11 is 0. The molecule has 0 aromatic rings. The van der Waals surface area contributed by atoms with Crippen molar-refractivity contribution < 1.29 is 24.2 Å². The summed E-state index contributed by atoms with van der Waals surface area (Å²) in [4.78, 5) is 23.7. The van der Waals surface area contributed by atoms with E-state index in [0.717, 1.165) is 57.8 Å². The summed E-state index contributed by atoms with van der Waals surface area (Å²) in [5, 5.41) is 4.90. The van der Waals surface area contributed by atoms with Gasteiger partial charge in [0.1, 0.15) is 6.61 Å². The van der Waals surface area contributed by atoms with Crippen LogP contribution < -0.4 is 10.6 Å². The lowest BCUT2D eigenvalue weighted by molar-refractivity contribution is -0.627. The summed E-state index contributed by atoms with van der Waals surface area (Å²) in [5.41, 5.74) is 0.